The summed E-state index contributed by atoms with van der Waals surface area (Å²) in [6, 6.07) is 8.48. The predicted molar refractivity (Wildman–Crippen MR) is 67.1 cm³/mol. The van der Waals surface area contributed by atoms with Crippen LogP contribution in [-0.4, -0.2) is 26.3 Å². The van der Waals surface area contributed by atoms with Gasteiger partial charge in [0.25, 0.3) is 0 Å². The first-order valence-electron chi connectivity index (χ1n) is 4.69. The van der Waals surface area contributed by atoms with E-state index in [0.29, 0.717) is 0 Å². The molecule has 1 heterocycles. The van der Waals surface area contributed by atoms with Gasteiger partial charge >= 0.3 is 0 Å². The highest BCUT2D eigenvalue weighted by atomic mass is 127. The topological polar surface area (TPSA) is 24.5 Å². The monoisotopic (exact) mass is 304 g/mol. The lowest BCUT2D eigenvalue weighted by molar-refractivity contribution is 0.122. The summed E-state index contributed by atoms with van der Waals surface area (Å²) in [6.45, 7) is 3.67. The molecule has 0 aromatic heterocycles. The number of morpholine rings is 1. The van der Waals surface area contributed by atoms with Crippen molar-refractivity contribution >= 4 is 34.2 Å². The summed E-state index contributed by atoms with van der Waals surface area (Å²) >= 11 is 2.14. The van der Waals surface area contributed by atoms with Gasteiger partial charge in [-0.25, -0.2) is 0 Å². The minimum absolute atomic E-state index is 0.840. The van der Waals surface area contributed by atoms with E-state index in [1.165, 1.54) is 5.69 Å². The molecule has 1 aromatic carbocycles. The second kappa shape index (κ2) is 4.84. The minimum atomic E-state index is 0.840. The molecule has 1 saturated heterocycles. The maximum absolute atomic E-state index is 5.31. The van der Waals surface area contributed by atoms with Crippen LogP contribution >= 0.6 is 22.9 Å². The number of hydrogen-bond donors (Lipinski definition) is 1. The van der Waals surface area contributed by atoms with Crippen LogP contribution in [0.1, 0.15) is 0 Å². The Hall–Kier alpha value is -0.490. The van der Waals surface area contributed by atoms with Crippen molar-refractivity contribution in [1.82, 2.24) is 0 Å². The van der Waals surface area contributed by atoms with Crippen LogP contribution in [0, 0.1) is 0 Å². The second-order valence-corrected chi connectivity index (χ2v) is 3.78. The Morgan fingerprint density at radius 2 is 1.79 bits per heavy atom. The van der Waals surface area contributed by atoms with Crippen molar-refractivity contribution in [2.24, 2.45) is 0 Å². The third kappa shape index (κ3) is 2.30. The standard InChI is InChI=1S/C10H13IN2O/c11-12-9-1-3-10(4-2-9)13-5-7-14-8-6-13/h1-4,12H,5-8H2. The third-order valence-corrected chi connectivity index (χ3v) is 2.98. The molecule has 1 aromatic rings. The summed E-state index contributed by atoms with van der Waals surface area (Å²) < 4.78 is 8.39. The maximum atomic E-state index is 5.31. The lowest BCUT2D eigenvalue weighted by atomic mass is 10.2. The third-order valence-electron chi connectivity index (χ3n) is 2.35. The Balaban J connectivity index is 2.07. The lowest BCUT2D eigenvalue weighted by Gasteiger charge is -2.28. The van der Waals surface area contributed by atoms with E-state index in [1.807, 2.05) is 0 Å². The SMILES string of the molecule is INc1ccc(N2CCOCC2)cc1. The van der Waals surface area contributed by atoms with E-state index in [1.54, 1.807) is 0 Å². The molecular formula is C10H13IN2O. The molecule has 0 unspecified atom stereocenters. The van der Waals surface area contributed by atoms with Gasteiger partial charge in [0, 0.05) is 24.5 Å². The van der Waals surface area contributed by atoms with Crippen LogP contribution < -0.4 is 8.43 Å². The van der Waals surface area contributed by atoms with Crippen LogP contribution in [0.25, 0.3) is 0 Å². The highest BCUT2D eigenvalue weighted by molar-refractivity contribution is 14.1. The number of nitrogens with one attached hydrogen (secondary N) is 1. The van der Waals surface area contributed by atoms with Gasteiger partial charge in [0.05, 0.1) is 36.1 Å². The first-order chi connectivity index (χ1) is 6.90. The molecule has 3 nitrogen and oxygen atoms in total. The van der Waals surface area contributed by atoms with Crippen molar-refractivity contribution in [3.05, 3.63) is 24.3 Å². The van der Waals surface area contributed by atoms with Crippen LogP contribution in [0.4, 0.5) is 11.4 Å². The Labute approximate surface area is 97.9 Å². The van der Waals surface area contributed by atoms with Crippen molar-refractivity contribution in [2.45, 2.75) is 0 Å². The van der Waals surface area contributed by atoms with Gasteiger partial charge in [0.2, 0.25) is 0 Å². The van der Waals surface area contributed by atoms with Crippen molar-refractivity contribution < 1.29 is 4.74 Å². The maximum Gasteiger partial charge on any atom is 0.0642 e. The van der Waals surface area contributed by atoms with E-state index >= 15 is 0 Å². The van der Waals surface area contributed by atoms with Gasteiger partial charge < -0.3 is 13.2 Å². The number of nitrogens with zero attached hydrogens (tertiary/aromatic N) is 1. The molecule has 0 radical (unpaired) electrons. The highest BCUT2D eigenvalue weighted by Gasteiger charge is 2.10. The van der Waals surface area contributed by atoms with E-state index in [2.05, 4.69) is 55.6 Å². The van der Waals surface area contributed by atoms with Gasteiger partial charge in [0.15, 0.2) is 0 Å². The lowest BCUT2D eigenvalue weighted by Crippen LogP contribution is -2.36. The fourth-order valence-corrected chi connectivity index (χ4v) is 1.92. The Bertz CT molecular complexity index is 283. The zero-order valence-electron chi connectivity index (χ0n) is 7.87. The smallest absolute Gasteiger partial charge is 0.0642 e. The quantitative estimate of drug-likeness (QED) is 0.670. The molecule has 0 atom stereocenters. The summed E-state index contributed by atoms with van der Waals surface area (Å²) in [4.78, 5) is 2.35. The molecule has 4 heteroatoms. The number of rotatable bonds is 2. The Morgan fingerprint density at radius 1 is 1.14 bits per heavy atom. The molecule has 1 N–H and O–H groups in total. The van der Waals surface area contributed by atoms with Gasteiger partial charge in [-0.3, -0.25) is 0 Å². The molecule has 1 aliphatic heterocycles. The molecule has 0 spiro atoms. The molecule has 0 aliphatic carbocycles. The van der Waals surface area contributed by atoms with Crippen molar-refractivity contribution in [2.75, 3.05) is 34.7 Å². The average molecular weight is 304 g/mol. The van der Waals surface area contributed by atoms with Crippen LogP contribution in [-0.2, 0) is 4.74 Å². The average Bonchev–Trinajstić information content (AvgIpc) is 2.30. The largest absolute Gasteiger partial charge is 0.378 e. The summed E-state index contributed by atoms with van der Waals surface area (Å²) in [6.07, 6.45) is 0. The second-order valence-electron chi connectivity index (χ2n) is 3.24. The van der Waals surface area contributed by atoms with Crippen LogP contribution in [0.5, 0.6) is 0 Å². The number of ether oxygens (including phenoxy) is 1. The van der Waals surface area contributed by atoms with E-state index in [0.717, 1.165) is 32.0 Å². The first-order valence-corrected chi connectivity index (χ1v) is 5.77. The number of halogens is 1. The van der Waals surface area contributed by atoms with Crippen LogP contribution in [0.3, 0.4) is 0 Å². The van der Waals surface area contributed by atoms with Gasteiger partial charge in [-0.2, -0.15) is 0 Å². The van der Waals surface area contributed by atoms with Gasteiger partial charge in [-0.15, -0.1) is 0 Å². The highest BCUT2D eigenvalue weighted by Crippen LogP contribution is 2.19. The molecular weight excluding hydrogens is 291 g/mol. The van der Waals surface area contributed by atoms with E-state index < -0.39 is 0 Å². The summed E-state index contributed by atoms with van der Waals surface area (Å²) in [5.74, 6) is 0. The summed E-state index contributed by atoms with van der Waals surface area (Å²) in [5, 5.41) is 0. The zero-order chi connectivity index (χ0) is 9.80. The van der Waals surface area contributed by atoms with Gasteiger partial charge in [-0.1, -0.05) is 0 Å². The molecule has 1 aliphatic rings. The van der Waals surface area contributed by atoms with Crippen molar-refractivity contribution in [1.29, 1.82) is 0 Å². The van der Waals surface area contributed by atoms with Gasteiger partial charge in [0.1, 0.15) is 0 Å². The first kappa shape index (κ1) is 10.0. The number of hydrogen-bond acceptors (Lipinski definition) is 3. The van der Waals surface area contributed by atoms with Gasteiger partial charge in [-0.05, 0) is 24.3 Å². The number of benzene rings is 1. The molecule has 0 bridgehead atoms. The minimum Gasteiger partial charge on any atom is -0.378 e. The Kier molecular flexibility index (Phi) is 3.47. The molecule has 76 valence electrons. The Morgan fingerprint density at radius 3 is 2.36 bits per heavy atom. The zero-order valence-corrected chi connectivity index (χ0v) is 10.0. The molecule has 0 saturated carbocycles. The molecule has 2 rings (SSSR count). The van der Waals surface area contributed by atoms with Crippen molar-refractivity contribution in [3.63, 3.8) is 0 Å². The van der Waals surface area contributed by atoms with Crippen molar-refractivity contribution in [3.8, 4) is 0 Å². The van der Waals surface area contributed by atoms with E-state index in [4.69, 9.17) is 4.74 Å². The predicted octanol–water partition coefficient (Wildman–Crippen LogP) is 2.29. The molecule has 1 fully saturated rings. The molecule has 0 amide bonds. The normalized spacial score (nSPS) is 16.8. The van der Waals surface area contributed by atoms with E-state index in [9.17, 15) is 0 Å². The summed E-state index contributed by atoms with van der Waals surface area (Å²) in [5.41, 5.74) is 2.42. The fraction of sp³-hybridized carbons (Fsp3) is 0.400. The van der Waals surface area contributed by atoms with Crippen LogP contribution in [0.15, 0.2) is 24.3 Å². The molecule has 14 heavy (non-hydrogen) atoms. The fourth-order valence-electron chi connectivity index (χ4n) is 1.56. The van der Waals surface area contributed by atoms with Crippen LogP contribution in [0.2, 0.25) is 0 Å². The van der Waals surface area contributed by atoms with E-state index in [-0.39, 0.29) is 0 Å². The summed E-state index contributed by atoms with van der Waals surface area (Å²) in [7, 11) is 0. The number of anilines is 2.